The molecule has 0 aliphatic carbocycles. The second-order valence-electron chi connectivity index (χ2n) is 3.73. The molecular weight excluding hydrogens is 230 g/mol. The molecule has 92 valence electrons. The van der Waals surface area contributed by atoms with E-state index in [9.17, 15) is 9.59 Å². The topological polar surface area (TPSA) is 88.0 Å². The van der Waals surface area contributed by atoms with Gasteiger partial charge in [-0.15, -0.1) is 0 Å². The number of hydrogen-bond donors (Lipinski definition) is 3. The first-order valence-electron chi connectivity index (χ1n) is 5.49. The zero-order chi connectivity index (χ0) is 13.0. The number of para-hydroxylation sites is 1. The zero-order valence-corrected chi connectivity index (χ0v) is 9.64. The molecule has 1 heterocycles. The molecule has 0 aliphatic rings. The number of nitrogens with two attached hydrogens (primary N) is 1. The first-order valence-corrected chi connectivity index (χ1v) is 5.49. The highest BCUT2D eigenvalue weighted by Crippen LogP contribution is 2.14. The van der Waals surface area contributed by atoms with Crippen LogP contribution in [-0.4, -0.2) is 10.9 Å². The summed E-state index contributed by atoms with van der Waals surface area (Å²) in [6.45, 7) is 0.321. The number of benzene rings is 1. The van der Waals surface area contributed by atoms with Crippen molar-refractivity contribution in [2.75, 3.05) is 5.32 Å². The molecule has 0 unspecified atom stereocenters. The molecule has 0 spiro atoms. The monoisotopic (exact) mass is 243 g/mol. The predicted octanol–water partition coefficient (Wildman–Crippen LogP) is 1.09. The fraction of sp³-hybridized carbons (Fsp3) is 0.0769. The van der Waals surface area contributed by atoms with E-state index >= 15 is 0 Å². The quantitative estimate of drug-likeness (QED) is 0.753. The molecule has 1 amide bonds. The Morgan fingerprint density at radius 1 is 1.22 bits per heavy atom. The highest BCUT2D eigenvalue weighted by atomic mass is 16.2. The number of aromatic amines is 1. The van der Waals surface area contributed by atoms with Crippen LogP contribution in [0, 0.1) is 0 Å². The predicted molar refractivity (Wildman–Crippen MR) is 69.3 cm³/mol. The van der Waals surface area contributed by atoms with Crippen LogP contribution in [0.2, 0.25) is 0 Å². The lowest BCUT2D eigenvalue weighted by Crippen LogP contribution is -2.23. The van der Waals surface area contributed by atoms with Crippen molar-refractivity contribution in [2.45, 2.75) is 6.54 Å². The largest absolute Gasteiger partial charge is 0.328 e. The number of nitrogens with one attached hydrogen (secondary N) is 2. The summed E-state index contributed by atoms with van der Waals surface area (Å²) in [6, 6.07) is 10.3. The summed E-state index contributed by atoms with van der Waals surface area (Å²) in [5, 5.41) is 2.68. The third-order valence-corrected chi connectivity index (χ3v) is 2.55. The number of carbonyl (C=O) groups is 1. The Labute approximate surface area is 104 Å². The summed E-state index contributed by atoms with van der Waals surface area (Å²) in [5.41, 5.74) is 6.67. The van der Waals surface area contributed by atoms with Crippen molar-refractivity contribution in [1.29, 1.82) is 0 Å². The van der Waals surface area contributed by atoms with Crippen molar-refractivity contribution in [3.05, 3.63) is 64.1 Å². The summed E-state index contributed by atoms with van der Waals surface area (Å²) in [7, 11) is 0. The SMILES string of the molecule is NCc1ccccc1NC(=O)c1ccc[nH]c1=O. The Kier molecular flexibility index (Phi) is 3.54. The van der Waals surface area contributed by atoms with Gasteiger partial charge in [-0.2, -0.15) is 0 Å². The Morgan fingerprint density at radius 2 is 2.00 bits per heavy atom. The van der Waals surface area contributed by atoms with Crippen LogP contribution < -0.4 is 16.6 Å². The van der Waals surface area contributed by atoms with E-state index in [-0.39, 0.29) is 5.56 Å². The average molecular weight is 243 g/mol. The maximum Gasteiger partial charge on any atom is 0.261 e. The van der Waals surface area contributed by atoms with Gasteiger partial charge >= 0.3 is 0 Å². The fourth-order valence-corrected chi connectivity index (χ4v) is 1.61. The highest BCUT2D eigenvalue weighted by molar-refractivity contribution is 6.04. The summed E-state index contributed by atoms with van der Waals surface area (Å²) in [4.78, 5) is 25.8. The minimum absolute atomic E-state index is 0.0734. The van der Waals surface area contributed by atoms with Crippen molar-refractivity contribution >= 4 is 11.6 Å². The van der Waals surface area contributed by atoms with E-state index in [1.54, 1.807) is 18.2 Å². The smallest absolute Gasteiger partial charge is 0.261 e. The molecule has 0 saturated carbocycles. The number of pyridine rings is 1. The van der Waals surface area contributed by atoms with Gasteiger partial charge in [-0.3, -0.25) is 9.59 Å². The first kappa shape index (κ1) is 12.1. The van der Waals surface area contributed by atoms with Gasteiger partial charge in [0.1, 0.15) is 5.56 Å². The third-order valence-electron chi connectivity index (χ3n) is 2.55. The molecular formula is C13H13N3O2. The van der Waals surface area contributed by atoms with Crippen molar-refractivity contribution in [1.82, 2.24) is 4.98 Å². The van der Waals surface area contributed by atoms with Crippen LogP contribution in [0.25, 0.3) is 0 Å². The zero-order valence-electron chi connectivity index (χ0n) is 9.64. The van der Waals surface area contributed by atoms with Crippen molar-refractivity contribution < 1.29 is 4.79 Å². The van der Waals surface area contributed by atoms with E-state index in [0.717, 1.165) is 5.56 Å². The number of rotatable bonds is 3. The van der Waals surface area contributed by atoms with Crippen LogP contribution in [0.3, 0.4) is 0 Å². The lowest BCUT2D eigenvalue weighted by Gasteiger charge is -2.08. The molecule has 0 atom stereocenters. The van der Waals surface area contributed by atoms with E-state index in [2.05, 4.69) is 10.3 Å². The van der Waals surface area contributed by atoms with E-state index < -0.39 is 11.5 Å². The van der Waals surface area contributed by atoms with Gasteiger partial charge in [0.2, 0.25) is 0 Å². The Morgan fingerprint density at radius 3 is 2.72 bits per heavy atom. The molecule has 5 heteroatoms. The molecule has 0 aliphatic heterocycles. The molecule has 18 heavy (non-hydrogen) atoms. The van der Waals surface area contributed by atoms with Crippen molar-refractivity contribution in [3.8, 4) is 0 Å². The maximum atomic E-state index is 11.9. The number of aromatic nitrogens is 1. The highest BCUT2D eigenvalue weighted by Gasteiger charge is 2.11. The molecule has 1 aromatic carbocycles. The van der Waals surface area contributed by atoms with Crippen molar-refractivity contribution in [3.63, 3.8) is 0 Å². The van der Waals surface area contributed by atoms with E-state index in [0.29, 0.717) is 12.2 Å². The molecule has 2 rings (SSSR count). The second-order valence-corrected chi connectivity index (χ2v) is 3.73. The number of H-pyrrole nitrogens is 1. The average Bonchev–Trinajstić information content (AvgIpc) is 2.39. The van der Waals surface area contributed by atoms with E-state index in [1.807, 2.05) is 12.1 Å². The Balaban J connectivity index is 2.27. The van der Waals surface area contributed by atoms with Crippen LogP contribution in [0.4, 0.5) is 5.69 Å². The molecule has 2 aromatic rings. The summed E-state index contributed by atoms with van der Waals surface area (Å²) in [5.74, 6) is -0.447. The van der Waals surface area contributed by atoms with Crippen LogP contribution in [0.15, 0.2) is 47.4 Å². The minimum atomic E-state index is -0.447. The van der Waals surface area contributed by atoms with Crippen molar-refractivity contribution in [2.24, 2.45) is 5.73 Å². The second kappa shape index (κ2) is 5.29. The van der Waals surface area contributed by atoms with Gasteiger partial charge in [0.05, 0.1) is 0 Å². The lowest BCUT2D eigenvalue weighted by molar-refractivity contribution is 0.102. The van der Waals surface area contributed by atoms with Gasteiger partial charge in [0.15, 0.2) is 0 Å². The minimum Gasteiger partial charge on any atom is -0.328 e. The van der Waals surface area contributed by atoms with Gasteiger partial charge in [0.25, 0.3) is 11.5 Å². The van der Waals surface area contributed by atoms with Crippen LogP contribution in [-0.2, 0) is 6.54 Å². The maximum absolute atomic E-state index is 11.9. The van der Waals surface area contributed by atoms with E-state index in [4.69, 9.17) is 5.73 Å². The summed E-state index contributed by atoms with van der Waals surface area (Å²) >= 11 is 0. The lowest BCUT2D eigenvalue weighted by atomic mass is 10.1. The Hall–Kier alpha value is -2.40. The van der Waals surface area contributed by atoms with Gasteiger partial charge in [-0.05, 0) is 23.8 Å². The van der Waals surface area contributed by atoms with Gasteiger partial charge in [-0.1, -0.05) is 18.2 Å². The van der Waals surface area contributed by atoms with Gasteiger partial charge in [-0.25, -0.2) is 0 Å². The molecule has 1 aromatic heterocycles. The van der Waals surface area contributed by atoms with Gasteiger partial charge in [0, 0.05) is 18.4 Å². The number of hydrogen-bond acceptors (Lipinski definition) is 3. The molecule has 5 nitrogen and oxygen atoms in total. The van der Waals surface area contributed by atoms with Crippen LogP contribution >= 0.6 is 0 Å². The van der Waals surface area contributed by atoms with Crippen LogP contribution in [0.1, 0.15) is 15.9 Å². The summed E-state index contributed by atoms with van der Waals surface area (Å²) < 4.78 is 0. The number of anilines is 1. The summed E-state index contributed by atoms with van der Waals surface area (Å²) in [6.07, 6.45) is 1.48. The first-order chi connectivity index (χ1) is 8.72. The molecule has 0 fully saturated rings. The third kappa shape index (κ3) is 2.46. The van der Waals surface area contributed by atoms with Crippen LogP contribution in [0.5, 0.6) is 0 Å². The fourth-order valence-electron chi connectivity index (χ4n) is 1.61. The normalized spacial score (nSPS) is 10.1. The molecule has 0 bridgehead atoms. The number of amides is 1. The van der Waals surface area contributed by atoms with E-state index in [1.165, 1.54) is 12.3 Å². The van der Waals surface area contributed by atoms with Gasteiger partial charge < -0.3 is 16.0 Å². The molecule has 4 N–H and O–H groups in total. The molecule has 0 radical (unpaired) electrons. The number of carbonyl (C=O) groups excluding carboxylic acids is 1. The Bertz CT molecular complexity index is 619. The standard InChI is InChI=1S/C13H13N3O2/c14-8-9-4-1-2-6-11(9)16-13(18)10-5-3-7-15-12(10)17/h1-7H,8,14H2,(H,15,17)(H,16,18). The molecule has 0 saturated heterocycles.